The molecule has 1 aliphatic rings. The van der Waals surface area contributed by atoms with Gasteiger partial charge < -0.3 is 14.5 Å². The van der Waals surface area contributed by atoms with Crippen LogP contribution in [0.15, 0.2) is 30.6 Å². The van der Waals surface area contributed by atoms with E-state index in [4.69, 9.17) is 4.74 Å². The quantitative estimate of drug-likeness (QED) is 0.755. The van der Waals surface area contributed by atoms with Crippen LogP contribution in [0.25, 0.3) is 5.65 Å². The fraction of sp³-hybridized carbons (Fsp3) is 0.300. The highest BCUT2D eigenvalue weighted by atomic mass is 16.5. The first-order valence-electron chi connectivity index (χ1n) is 4.73. The van der Waals surface area contributed by atoms with Gasteiger partial charge >= 0.3 is 0 Å². The van der Waals surface area contributed by atoms with Crippen LogP contribution < -0.4 is 10.1 Å². The molecule has 1 aliphatic heterocycles. The lowest BCUT2D eigenvalue weighted by molar-refractivity contribution is 0.137. The molecule has 72 valence electrons. The van der Waals surface area contributed by atoms with Crippen LogP contribution in [0, 0.1) is 0 Å². The number of rotatable bonds is 2. The van der Waals surface area contributed by atoms with Crippen LogP contribution in [-0.2, 0) is 0 Å². The molecule has 3 heterocycles. The average Bonchev–Trinajstić information content (AvgIpc) is 2.53. The molecule has 3 rings (SSSR count). The van der Waals surface area contributed by atoms with E-state index in [2.05, 4.69) is 10.3 Å². The zero-order valence-corrected chi connectivity index (χ0v) is 7.68. The number of imidazole rings is 1. The molecule has 0 atom stereocenters. The van der Waals surface area contributed by atoms with Gasteiger partial charge in [0.05, 0.1) is 6.20 Å². The maximum absolute atomic E-state index is 5.64. The van der Waals surface area contributed by atoms with Gasteiger partial charge in [-0.3, -0.25) is 0 Å². The van der Waals surface area contributed by atoms with E-state index >= 15 is 0 Å². The molecule has 1 saturated heterocycles. The lowest BCUT2D eigenvalue weighted by atomic mass is 10.2. The minimum Gasteiger partial charge on any atom is -0.471 e. The molecule has 0 bridgehead atoms. The van der Waals surface area contributed by atoms with Gasteiger partial charge in [-0.1, -0.05) is 6.07 Å². The van der Waals surface area contributed by atoms with Crippen LogP contribution in [0.1, 0.15) is 0 Å². The summed E-state index contributed by atoms with van der Waals surface area (Å²) in [6.45, 7) is 1.85. The van der Waals surface area contributed by atoms with Gasteiger partial charge in [-0.15, -0.1) is 0 Å². The summed E-state index contributed by atoms with van der Waals surface area (Å²) in [6, 6.07) is 5.91. The van der Waals surface area contributed by atoms with Crippen molar-refractivity contribution < 1.29 is 4.74 Å². The number of nitrogens with zero attached hydrogens (tertiary/aromatic N) is 2. The Morgan fingerprint density at radius 2 is 2.36 bits per heavy atom. The molecule has 2 aromatic rings. The standard InChI is InChI=1S/C10H11N3O/c1-2-4-13-7-10(12-9(13)3-1)14-8-5-11-6-8/h1-4,7-8,11H,5-6H2. The SMILES string of the molecule is c1ccn2cc(OC3CNC3)nc2c1. The van der Waals surface area contributed by atoms with Crippen molar-refractivity contribution >= 4 is 5.65 Å². The Hall–Kier alpha value is -1.55. The second kappa shape index (κ2) is 2.99. The fourth-order valence-corrected chi connectivity index (χ4v) is 1.48. The van der Waals surface area contributed by atoms with E-state index in [1.165, 1.54) is 0 Å². The summed E-state index contributed by atoms with van der Waals surface area (Å²) in [5, 5.41) is 3.16. The lowest BCUT2D eigenvalue weighted by Crippen LogP contribution is -2.50. The van der Waals surface area contributed by atoms with Crippen LogP contribution in [0.5, 0.6) is 5.88 Å². The third-order valence-electron chi connectivity index (χ3n) is 2.37. The van der Waals surface area contributed by atoms with E-state index < -0.39 is 0 Å². The molecule has 0 aromatic carbocycles. The highest BCUT2D eigenvalue weighted by molar-refractivity contribution is 5.41. The summed E-state index contributed by atoms with van der Waals surface area (Å²) in [4.78, 5) is 4.35. The number of nitrogens with one attached hydrogen (secondary N) is 1. The molecule has 0 unspecified atom stereocenters. The van der Waals surface area contributed by atoms with Crippen LogP contribution in [0.2, 0.25) is 0 Å². The van der Waals surface area contributed by atoms with Crippen LogP contribution in [-0.4, -0.2) is 28.6 Å². The summed E-state index contributed by atoms with van der Waals surface area (Å²) in [5.41, 5.74) is 0.926. The third kappa shape index (κ3) is 1.24. The highest BCUT2D eigenvalue weighted by Gasteiger charge is 2.19. The normalized spacial score (nSPS) is 16.9. The van der Waals surface area contributed by atoms with Gasteiger partial charge in [-0.25, -0.2) is 0 Å². The molecular formula is C10H11N3O. The minimum atomic E-state index is 0.292. The molecule has 1 N–H and O–H groups in total. The topological polar surface area (TPSA) is 38.6 Å². The van der Waals surface area contributed by atoms with Gasteiger partial charge in [0.15, 0.2) is 0 Å². The van der Waals surface area contributed by atoms with E-state index in [-0.39, 0.29) is 0 Å². The number of hydrogen-bond donors (Lipinski definition) is 1. The summed E-state index contributed by atoms with van der Waals surface area (Å²) in [7, 11) is 0. The first kappa shape index (κ1) is 7.82. The number of pyridine rings is 1. The van der Waals surface area contributed by atoms with Crippen molar-refractivity contribution in [2.75, 3.05) is 13.1 Å². The van der Waals surface area contributed by atoms with E-state index in [1.807, 2.05) is 35.0 Å². The molecule has 0 amide bonds. The van der Waals surface area contributed by atoms with Crippen molar-refractivity contribution in [1.82, 2.24) is 14.7 Å². The Morgan fingerprint density at radius 1 is 1.43 bits per heavy atom. The van der Waals surface area contributed by atoms with Crippen molar-refractivity contribution in [1.29, 1.82) is 0 Å². The zero-order chi connectivity index (χ0) is 9.38. The summed E-state index contributed by atoms with van der Waals surface area (Å²) in [5.74, 6) is 0.711. The minimum absolute atomic E-state index is 0.292. The maximum Gasteiger partial charge on any atom is 0.232 e. The molecule has 14 heavy (non-hydrogen) atoms. The van der Waals surface area contributed by atoms with Crippen molar-refractivity contribution in [2.45, 2.75) is 6.10 Å². The fourth-order valence-electron chi connectivity index (χ4n) is 1.48. The van der Waals surface area contributed by atoms with Gasteiger partial charge in [-0.05, 0) is 12.1 Å². The Bertz CT molecular complexity index is 414. The maximum atomic E-state index is 5.64. The molecule has 0 aliphatic carbocycles. The monoisotopic (exact) mass is 189 g/mol. The molecule has 1 fully saturated rings. The predicted octanol–water partition coefficient (Wildman–Crippen LogP) is 0.685. The summed E-state index contributed by atoms with van der Waals surface area (Å²) >= 11 is 0. The van der Waals surface area contributed by atoms with E-state index in [0.717, 1.165) is 18.7 Å². The number of aromatic nitrogens is 2. The summed E-state index contributed by atoms with van der Waals surface area (Å²) < 4.78 is 7.60. The largest absolute Gasteiger partial charge is 0.471 e. The first-order chi connectivity index (χ1) is 6.92. The lowest BCUT2D eigenvalue weighted by Gasteiger charge is -2.26. The Morgan fingerprint density at radius 3 is 3.07 bits per heavy atom. The van der Waals surface area contributed by atoms with Crippen molar-refractivity contribution in [2.24, 2.45) is 0 Å². The van der Waals surface area contributed by atoms with Gasteiger partial charge in [0, 0.05) is 19.3 Å². The molecule has 4 heteroatoms. The predicted molar refractivity (Wildman–Crippen MR) is 52.5 cm³/mol. The van der Waals surface area contributed by atoms with Crippen molar-refractivity contribution in [3.05, 3.63) is 30.6 Å². The second-order valence-corrected chi connectivity index (χ2v) is 3.44. The smallest absolute Gasteiger partial charge is 0.232 e. The van der Waals surface area contributed by atoms with Gasteiger partial charge in [0.25, 0.3) is 0 Å². The number of ether oxygens (including phenoxy) is 1. The van der Waals surface area contributed by atoms with Crippen LogP contribution in [0.3, 0.4) is 0 Å². The Kier molecular flexibility index (Phi) is 1.67. The van der Waals surface area contributed by atoms with Crippen LogP contribution >= 0.6 is 0 Å². The molecule has 0 saturated carbocycles. The average molecular weight is 189 g/mol. The van der Waals surface area contributed by atoms with Gasteiger partial charge in [0.2, 0.25) is 5.88 Å². The van der Waals surface area contributed by atoms with E-state index in [9.17, 15) is 0 Å². The Labute approximate surface area is 81.5 Å². The molecule has 4 nitrogen and oxygen atoms in total. The Balaban J connectivity index is 1.89. The van der Waals surface area contributed by atoms with Crippen molar-refractivity contribution in [3.63, 3.8) is 0 Å². The first-order valence-corrected chi connectivity index (χ1v) is 4.73. The van der Waals surface area contributed by atoms with Gasteiger partial charge in [0.1, 0.15) is 11.8 Å². The third-order valence-corrected chi connectivity index (χ3v) is 2.37. The molecular weight excluding hydrogens is 178 g/mol. The van der Waals surface area contributed by atoms with E-state index in [0.29, 0.717) is 12.0 Å². The number of hydrogen-bond acceptors (Lipinski definition) is 3. The molecule has 0 spiro atoms. The summed E-state index contributed by atoms with van der Waals surface area (Å²) in [6.07, 6.45) is 4.17. The van der Waals surface area contributed by atoms with E-state index in [1.54, 1.807) is 0 Å². The van der Waals surface area contributed by atoms with Crippen LogP contribution in [0.4, 0.5) is 0 Å². The second-order valence-electron chi connectivity index (χ2n) is 3.44. The molecule has 2 aromatic heterocycles. The van der Waals surface area contributed by atoms with Gasteiger partial charge in [-0.2, -0.15) is 4.98 Å². The highest BCUT2D eigenvalue weighted by Crippen LogP contribution is 2.13. The zero-order valence-electron chi connectivity index (χ0n) is 7.68. The molecule has 0 radical (unpaired) electrons. The van der Waals surface area contributed by atoms with Crippen molar-refractivity contribution in [3.8, 4) is 5.88 Å². The number of fused-ring (bicyclic) bond motifs is 1.